The summed E-state index contributed by atoms with van der Waals surface area (Å²) in [6.45, 7) is 0.813. The second-order valence-corrected chi connectivity index (χ2v) is 8.51. The van der Waals surface area contributed by atoms with Gasteiger partial charge in [0.15, 0.2) is 0 Å². The van der Waals surface area contributed by atoms with Crippen LogP contribution in [-0.2, 0) is 11.0 Å². The Morgan fingerprint density at radius 3 is 2.59 bits per heavy atom. The normalized spacial score (nSPS) is 17.2. The van der Waals surface area contributed by atoms with Crippen molar-refractivity contribution in [3.63, 3.8) is 0 Å². The summed E-state index contributed by atoms with van der Waals surface area (Å²) >= 11 is 6.12. The number of hydrogen-bond donors (Lipinski definition) is 1. The largest absolute Gasteiger partial charge is 0.573 e. The number of carbonyl (C=O) groups excluding carboxylic acids is 1. The molecule has 174 valence electrons. The summed E-state index contributed by atoms with van der Waals surface area (Å²) in [5.74, 6) is -2.02. The minimum absolute atomic E-state index is 0.0108. The third-order valence-corrected chi connectivity index (χ3v) is 5.48. The molecule has 2 atom stereocenters. The average Bonchev–Trinajstić information content (AvgIpc) is 3.15. The smallest absolute Gasteiger partial charge is 0.490 e. The van der Waals surface area contributed by atoms with Gasteiger partial charge in [0, 0.05) is 24.6 Å². The first-order chi connectivity index (χ1) is 15.0. The average molecular weight is 495 g/mol. The summed E-state index contributed by atoms with van der Waals surface area (Å²) in [4.78, 5) is 13.9. The van der Waals surface area contributed by atoms with E-state index in [0.717, 1.165) is 25.0 Å². The van der Waals surface area contributed by atoms with Gasteiger partial charge in [0.05, 0.1) is 16.6 Å². The van der Waals surface area contributed by atoms with Crippen LogP contribution < -0.4 is 19.1 Å². The fourth-order valence-corrected chi connectivity index (χ4v) is 3.96. The number of nitrogens with zero attached hydrogens (tertiary/aromatic N) is 1. The van der Waals surface area contributed by atoms with E-state index in [9.17, 15) is 26.6 Å². The third kappa shape index (κ3) is 6.26. The SMILES string of the molecule is CS(=O)NC(=O)c1cc(Cl)c(OCC2CCCN2c2ccc(OC(F)(F)F)cc2)cc1F. The first-order valence-corrected chi connectivity index (χ1v) is 11.4. The lowest BCUT2D eigenvalue weighted by Crippen LogP contribution is -2.34. The third-order valence-electron chi connectivity index (χ3n) is 4.71. The Morgan fingerprint density at radius 1 is 1.28 bits per heavy atom. The number of alkyl halides is 3. The van der Waals surface area contributed by atoms with Crippen molar-refractivity contribution < 1.29 is 36.0 Å². The molecule has 1 fully saturated rings. The minimum atomic E-state index is -4.76. The molecule has 1 aliphatic rings. The Bertz CT molecular complexity index is 1000. The van der Waals surface area contributed by atoms with Gasteiger partial charge in [0.1, 0.15) is 34.9 Å². The van der Waals surface area contributed by atoms with E-state index < -0.39 is 29.1 Å². The molecule has 0 aromatic heterocycles. The quantitative estimate of drug-likeness (QED) is 0.576. The molecule has 2 aromatic carbocycles. The van der Waals surface area contributed by atoms with Crippen molar-refractivity contribution >= 4 is 34.2 Å². The highest BCUT2D eigenvalue weighted by Gasteiger charge is 2.31. The summed E-state index contributed by atoms with van der Waals surface area (Å²) in [7, 11) is -1.66. The van der Waals surface area contributed by atoms with Crippen LogP contribution in [0.2, 0.25) is 5.02 Å². The first-order valence-electron chi connectivity index (χ1n) is 9.42. The molecule has 1 N–H and O–H groups in total. The molecule has 0 saturated carbocycles. The number of benzene rings is 2. The number of nitrogens with one attached hydrogen (secondary N) is 1. The van der Waals surface area contributed by atoms with Crippen LogP contribution in [0.4, 0.5) is 23.2 Å². The number of carbonyl (C=O) groups is 1. The van der Waals surface area contributed by atoms with Gasteiger partial charge >= 0.3 is 6.36 Å². The van der Waals surface area contributed by atoms with Crippen LogP contribution >= 0.6 is 11.6 Å². The lowest BCUT2D eigenvalue weighted by atomic mass is 10.2. The lowest BCUT2D eigenvalue weighted by Gasteiger charge is -2.27. The highest BCUT2D eigenvalue weighted by Crippen LogP contribution is 2.32. The van der Waals surface area contributed by atoms with Crippen molar-refractivity contribution in [2.24, 2.45) is 0 Å². The van der Waals surface area contributed by atoms with E-state index >= 15 is 0 Å². The predicted molar refractivity (Wildman–Crippen MR) is 112 cm³/mol. The van der Waals surface area contributed by atoms with Crippen LogP contribution in [0.25, 0.3) is 0 Å². The maximum absolute atomic E-state index is 14.3. The minimum Gasteiger partial charge on any atom is -0.490 e. The van der Waals surface area contributed by atoms with Gasteiger partial charge in [0.25, 0.3) is 5.91 Å². The van der Waals surface area contributed by atoms with Crippen molar-refractivity contribution in [1.82, 2.24) is 4.72 Å². The maximum Gasteiger partial charge on any atom is 0.573 e. The molecule has 2 unspecified atom stereocenters. The van der Waals surface area contributed by atoms with E-state index in [-0.39, 0.29) is 34.7 Å². The van der Waals surface area contributed by atoms with Crippen LogP contribution in [0.5, 0.6) is 11.5 Å². The molecule has 0 spiro atoms. The standard InChI is InChI=1S/C20H19ClF4N2O4S/c1-32(29)26-19(28)15-9-16(21)18(10-17(15)22)30-11-13-3-2-8-27(13)12-4-6-14(7-5-12)31-20(23,24)25/h4-7,9-10,13H,2-3,8,11H2,1H3,(H,26,28). The molecular weight excluding hydrogens is 476 g/mol. The summed E-state index contributed by atoms with van der Waals surface area (Å²) in [5, 5.41) is 0.0108. The Kier molecular flexibility index (Phi) is 7.50. The van der Waals surface area contributed by atoms with E-state index in [4.69, 9.17) is 16.3 Å². The topological polar surface area (TPSA) is 67.9 Å². The van der Waals surface area contributed by atoms with Gasteiger partial charge in [-0.3, -0.25) is 9.52 Å². The van der Waals surface area contributed by atoms with Gasteiger partial charge in [0.2, 0.25) is 0 Å². The zero-order chi connectivity index (χ0) is 23.5. The zero-order valence-electron chi connectivity index (χ0n) is 16.7. The molecular formula is C20H19ClF4N2O4S. The van der Waals surface area contributed by atoms with Gasteiger partial charge < -0.3 is 14.4 Å². The van der Waals surface area contributed by atoms with Crippen LogP contribution in [-0.4, -0.2) is 41.9 Å². The molecule has 12 heteroatoms. The molecule has 2 aromatic rings. The van der Waals surface area contributed by atoms with Crippen molar-refractivity contribution in [3.05, 3.63) is 52.8 Å². The fraction of sp³-hybridized carbons (Fsp3) is 0.350. The lowest BCUT2D eigenvalue weighted by molar-refractivity contribution is -0.274. The van der Waals surface area contributed by atoms with Gasteiger partial charge in [-0.05, 0) is 43.2 Å². The summed E-state index contributed by atoms with van der Waals surface area (Å²) in [6.07, 6.45) is -1.93. The predicted octanol–water partition coefficient (Wildman–Crippen LogP) is 4.45. The van der Waals surface area contributed by atoms with Crippen molar-refractivity contribution in [1.29, 1.82) is 0 Å². The summed E-state index contributed by atoms with van der Waals surface area (Å²) < 4.78 is 74.1. The number of anilines is 1. The molecule has 0 bridgehead atoms. The van der Waals surface area contributed by atoms with Gasteiger partial charge in [-0.2, -0.15) is 0 Å². The van der Waals surface area contributed by atoms with Crippen molar-refractivity contribution in [2.75, 3.05) is 24.3 Å². The van der Waals surface area contributed by atoms with E-state index in [1.54, 1.807) is 0 Å². The maximum atomic E-state index is 14.3. The van der Waals surface area contributed by atoms with Crippen LogP contribution in [0, 0.1) is 5.82 Å². The van der Waals surface area contributed by atoms with E-state index in [0.29, 0.717) is 12.2 Å². The molecule has 1 saturated heterocycles. The number of hydrogen-bond acceptors (Lipinski definition) is 5. The van der Waals surface area contributed by atoms with Gasteiger partial charge in [-0.1, -0.05) is 11.6 Å². The van der Waals surface area contributed by atoms with Crippen LogP contribution in [0.1, 0.15) is 23.2 Å². The number of halogens is 5. The summed E-state index contributed by atoms with van der Waals surface area (Å²) in [5.41, 5.74) is 0.337. The molecule has 3 rings (SSSR count). The second-order valence-electron chi connectivity index (χ2n) is 6.99. The highest BCUT2D eigenvalue weighted by atomic mass is 35.5. The number of rotatable bonds is 7. The van der Waals surface area contributed by atoms with Crippen molar-refractivity contribution in [3.8, 4) is 11.5 Å². The first kappa shape index (κ1) is 24.1. The Balaban J connectivity index is 1.67. The Labute approximate surface area is 189 Å². The second kappa shape index (κ2) is 9.95. The molecule has 0 aliphatic carbocycles. The Hall–Kier alpha value is -2.53. The van der Waals surface area contributed by atoms with E-state index in [2.05, 4.69) is 9.46 Å². The Morgan fingerprint density at radius 2 is 1.97 bits per heavy atom. The zero-order valence-corrected chi connectivity index (χ0v) is 18.3. The number of amides is 1. The molecule has 1 aliphatic heterocycles. The molecule has 0 radical (unpaired) electrons. The highest BCUT2D eigenvalue weighted by molar-refractivity contribution is 7.82. The molecule has 6 nitrogen and oxygen atoms in total. The van der Waals surface area contributed by atoms with Gasteiger partial charge in [-0.15, -0.1) is 13.2 Å². The number of ether oxygens (including phenoxy) is 2. The molecule has 1 heterocycles. The van der Waals surface area contributed by atoms with Gasteiger partial charge in [-0.25, -0.2) is 8.60 Å². The van der Waals surface area contributed by atoms with Crippen LogP contribution in [0.3, 0.4) is 0 Å². The van der Waals surface area contributed by atoms with Crippen LogP contribution in [0.15, 0.2) is 36.4 Å². The molecule has 32 heavy (non-hydrogen) atoms. The summed E-state index contributed by atoms with van der Waals surface area (Å²) in [6, 6.07) is 7.48. The van der Waals surface area contributed by atoms with E-state index in [1.165, 1.54) is 30.5 Å². The van der Waals surface area contributed by atoms with E-state index in [1.807, 2.05) is 4.90 Å². The fourth-order valence-electron chi connectivity index (χ4n) is 3.37. The molecule has 1 amide bonds. The monoisotopic (exact) mass is 494 g/mol. The van der Waals surface area contributed by atoms with Crippen molar-refractivity contribution in [2.45, 2.75) is 25.2 Å².